The molecule has 3 heterocycles. The van der Waals surface area contributed by atoms with E-state index in [9.17, 15) is 0 Å². The van der Waals surface area contributed by atoms with E-state index in [0.29, 0.717) is 11.4 Å². The van der Waals surface area contributed by atoms with Crippen LogP contribution >= 0.6 is 0 Å². The maximum absolute atomic E-state index is 5.97. The third-order valence-electron chi connectivity index (χ3n) is 15.9. The van der Waals surface area contributed by atoms with Gasteiger partial charge in [-0.25, -0.2) is 9.97 Å². The largest absolute Gasteiger partial charge is 0.419 e. The Kier molecular flexibility index (Phi) is 9.30. The molecule has 3 aromatic heterocycles. The Hall–Kier alpha value is -10.2. The van der Waals surface area contributed by atoms with Crippen molar-refractivity contribution in [3.63, 3.8) is 0 Å². The number of fused-ring (bicyclic) bond motifs is 17. The van der Waals surface area contributed by atoms with E-state index < -0.39 is 0 Å². The molecule has 76 heavy (non-hydrogen) atoms. The monoisotopic (exact) mass is 965 g/mol. The summed E-state index contributed by atoms with van der Waals surface area (Å²) in [6, 6.07) is 91.5. The fraction of sp³-hybridized carbons (Fsp3) is 0. The van der Waals surface area contributed by atoms with Crippen LogP contribution in [0.3, 0.4) is 0 Å². The SMILES string of the molecule is c1cnc2oc3ncc(-c4ccc(N(c5ccc6cc(-c7ccc8c9ccccc9c9ccccc9c8c7)ccc6c5)c5ccc6cc(-c7ccc8c9ccccc9c9ccccc9c8c7)ccc6c5)cc4)cc3c2c1. The molecule has 4 nitrogen and oxygen atoms in total. The summed E-state index contributed by atoms with van der Waals surface area (Å²) in [5.74, 6) is 0. The second kappa shape index (κ2) is 16.7. The van der Waals surface area contributed by atoms with Crippen LogP contribution in [0.2, 0.25) is 0 Å². The van der Waals surface area contributed by atoms with Gasteiger partial charge in [0.15, 0.2) is 0 Å². The highest BCUT2D eigenvalue weighted by molar-refractivity contribution is 6.27. The van der Waals surface area contributed by atoms with Gasteiger partial charge in [0.1, 0.15) is 0 Å². The van der Waals surface area contributed by atoms with Crippen molar-refractivity contribution >= 4 is 125 Å². The van der Waals surface area contributed by atoms with Crippen LogP contribution in [-0.2, 0) is 0 Å². The highest BCUT2D eigenvalue weighted by Crippen LogP contribution is 2.43. The lowest BCUT2D eigenvalue weighted by Gasteiger charge is -2.26. The number of hydrogen-bond donors (Lipinski definition) is 0. The molecule has 0 spiro atoms. The van der Waals surface area contributed by atoms with Gasteiger partial charge < -0.3 is 9.32 Å². The molecule has 0 aliphatic heterocycles. The number of pyridine rings is 2. The zero-order valence-corrected chi connectivity index (χ0v) is 41.1. The van der Waals surface area contributed by atoms with Crippen LogP contribution in [-0.4, -0.2) is 9.97 Å². The Morgan fingerprint density at radius 2 is 0.592 bits per heavy atom. The van der Waals surface area contributed by atoms with Crippen molar-refractivity contribution in [1.29, 1.82) is 0 Å². The summed E-state index contributed by atoms with van der Waals surface area (Å²) in [5.41, 5.74) is 11.3. The molecule has 0 saturated carbocycles. The molecule has 0 unspecified atom stereocenters. The third kappa shape index (κ3) is 6.71. The molecular formula is C72H43N3O. The average Bonchev–Trinajstić information content (AvgIpc) is 3.88. The van der Waals surface area contributed by atoms with Crippen molar-refractivity contribution in [2.24, 2.45) is 0 Å². The van der Waals surface area contributed by atoms with Crippen molar-refractivity contribution < 1.29 is 4.42 Å². The lowest BCUT2D eigenvalue weighted by atomic mass is 9.91. The van der Waals surface area contributed by atoms with Crippen molar-refractivity contribution in [3.8, 4) is 33.4 Å². The smallest absolute Gasteiger partial charge is 0.229 e. The van der Waals surface area contributed by atoms with Crippen molar-refractivity contribution in [3.05, 3.63) is 261 Å². The minimum atomic E-state index is 0.589. The number of rotatable bonds is 6. The van der Waals surface area contributed by atoms with Crippen molar-refractivity contribution in [2.45, 2.75) is 0 Å². The lowest BCUT2D eigenvalue weighted by Crippen LogP contribution is -2.10. The molecule has 0 bridgehead atoms. The van der Waals surface area contributed by atoms with Crippen LogP contribution in [0.1, 0.15) is 0 Å². The van der Waals surface area contributed by atoms with Gasteiger partial charge in [0.25, 0.3) is 0 Å². The van der Waals surface area contributed by atoms with E-state index in [2.05, 4.69) is 246 Å². The molecule has 4 heteroatoms. The second-order valence-electron chi connectivity index (χ2n) is 20.1. The minimum Gasteiger partial charge on any atom is -0.419 e. The number of hydrogen-bond acceptors (Lipinski definition) is 4. The molecule has 0 N–H and O–H groups in total. The van der Waals surface area contributed by atoms with E-state index in [0.717, 1.165) is 39.0 Å². The zero-order valence-electron chi connectivity index (χ0n) is 41.1. The Bertz CT molecular complexity index is 4760. The summed E-state index contributed by atoms with van der Waals surface area (Å²) in [6.07, 6.45) is 3.63. The molecular weight excluding hydrogens is 923 g/mol. The predicted octanol–water partition coefficient (Wildman–Crippen LogP) is 20.1. The number of anilines is 3. The summed E-state index contributed by atoms with van der Waals surface area (Å²) in [7, 11) is 0. The standard InChI is InChI=1S/C72H43N3O/c1-3-14-61-57(10-1)59-12-5-7-16-63(59)68-40-51(27-33-65(61)68)45-19-21-49-38-55(31-25-47(49)36-45)75(54-29-23-44(24-30-54)53-42-70-67-18-9-35-73-71(67)76-72(70)74-43-53)56-32-26-48-37-46(20-22-50(48)39-56)52-28-34-66-62-15-4-2-11-58(62)60-13-6-8-17-64(60)69(66)41-52/h1-43H. The Morgan fingerprint density at radius 1 is 0.237 bits per heavy atom. The number of benzene rings is 13. The van der Waals surface area contributed by atoms with Gasteiger partial charge in [-0.15, -0.1) is 0 Å². The molecule has 0 saturated heterocycles. The summed E-state index contributed by atoms with van der Waals surface area (Å²) in [4.78, 5) is 11.5. The van der Waals surface area contributed by atoms with Crippen LogP contribution in [0.5, 0.6) is 0 Å². The molecule has 13 aromatic carbocycles. The summed E-state index contributed by atoms with van der Waals surface area (Å²) >= 11 is 0. The van der Waals surface area contributed by atoms with Gasteiger partial charge in [-0.05, 0) is 193 Å². The van der Waals surface area contributed by atoms with E-state index in [-0.39, 0.29) is 0 Å². The van der Waals surface area contributed by atoms with E-state index in [1.54, 1.807) is 6.20 Å². The summed E-state index contributed by atoms with van der Waals surface area (Å²) < 4.78 is 5.97. The molecule has 0 atom stereocenters. The lowest BCUT2D eigenvalue weighted by molar-refractivity contribution is 0.640. The van der Waals surface area contributed by atoms with Crippen LogP contribution in [0, 0.1) is 0 Å². The van der Waals surface area contributed by atoms with Gasteiger partial charge in [0.2, 0.25) is 11.4 Å². The average molecular weight is 966 g/mol. The summed E-state index contributed by atoms with van der Waals surface area (Å²) in [6.45, 7) is 0. The molecule has 16 aromatic rings. The predicted molar refractivity (Wildman–Crippen MR) is 320 cm³/mol. The molecule has 0 radical (unpaired) electrons. The van der Waals surface area contributed by atoms with Gasteiger partial charge in [-0.1, -0.05) is 170 Å². The van der Waals surface area contributed by atoms with E-state index in [1.165, 1.54) is 108 Å². The first kappa shape index (κ1) is 42.4. The number of furan rings is 1. The van der Waals surface area contributed by atoms with Gasteiger partial charge in [0, 0.05) is 40.4 Å². The first-order chi connectivity index (χ1) is 37.6. The second-order valence-corrected chi connectivity index (χ2v) is 20.1. The molecule has 0 aliphatic rings. The summed E-state index contributed by atoms with van der Waals surface area (Å²) in [5, 5.41) is 22.0. The number of nitrogens with zero attached hydrogens (tertiary/aromatic N) is 3. The Morgan fingerprint density at radius 3 is 1.09 bits per heavy atom. The minimum absolute atomic E-state index is 0.589. The molecule has 0 aliphatic carbocycles. The quantitative estimate of drug-likeness (QED) is 0.156. The molecule has 352 valence electrons. The fourth-order valence-corrected chi connectivity index (χ4v) is 12.2. The van der Waals surface area contributed by atoms with E-state index in [1.807, 2.05) is 18.3 Å². The van der Waals surface area contributed by atoms with Crippen molar-refractivity contribution in [1.82, 2.24) is 9.97 Å². The first-order valence-electron chi connectivity index (χ1n) is 25.9. The van der Waals surface area contributed by atoms with Crippen molar-refractivity contribution in [2.75, 3.05) is 4.90 Å². The molecule has 0 amide bonds. The highest BCUT2D eigenvalue weighted by atomic mass is 16.3. The maximum Gasteiger partial charge on any atom is 0.229 e. The van der Waals surface area contributed by atoms with Gasteiger partial charge in [-0.2, -0.15) is 0 Å². The molecule has 0 fully saturated rings. The topological polar surface area (TPSA) is 42.2 Å². The number of aromatic nitrogens is 2. The highest BCUT2D eigenvalue weighted by Gasteiger charge is 2.18. The molecule has 16 rings (SSSR count). The van der Waals surface area contributed by atoms with Gasteiger partial charge >= 0.3 is 0 Å². The Labute approximate surface area is 437 Å². The van der Waals surface area contributed by atoms with Gasteiger partial charge in [0.05, 0.1) is 5.39 Å². The van der Waals surface area contributed by atoms with Crippen LogP contribution in [0.25, 0.3) is 142 Å². The Balaban J connectivity index is 0.790. The third-order valence-corrected chi connectivity index (χ3v) is 15.9. The normalized spacial score (nSPS) is 11.9. The fourth-order valence-electron chi connectivity index (χ4n) is 12.2. The van der Waals surface area contributed by atoms with Crippen LogP contribution < -0.4 is 4.90 Å². The zero-order chi connectivity index (χ0) is 49.8. The van der Waals surface area contributed by atoms with Crippen LogP contribution in [0.4, 0.5) is 17.1 Å². The van der Waals surface area contributed by atoms with Gasteiger partial charge in [-0.3, -0.25) is 0 Å². The van der Waals surface area contributed by atoms with E-state index >= 15 is 0 Å². The first-order valence-corrected chi connectivity index (χ1v) is 25.9. The van der Waals surface area contributed by atoms with E-state index in [4.69, 9.17) is 9.40 Å². The van der Waals surface area contributed by atoms with Crippen LogP contribution in [0.15, 0.2) is 266 Å². The maximum atomic E-state index is 5.97.